The monoisotopic (exact) mass is 397 g/mol. The van der Waals surface area contributed by atoms with Gasteiger partial charge in [0.05, 0.1) is 11.0 Å². The molecule has 0 fully saturated rings. The molecule has 5 aromatic rings. The van der Waals surface area contributed by atoms with Crippen LogP contribution in [0, 0.1) is 0 Å². The lowest BCUT2D eigenvalue weighted by atomic mass is 9.80. The van der Waals surface area contributed by atoms with Crippen LogP contribution in [0.4, 0.5) is 0 Å². The summed E-state index contributed by atoms with van der Waals surface area (Å²) in [6.45, 7) is 0. The molecule has 0 aliphatic rings. The molecule has 0 radical (unpaired) electrons. The average Bonchev–Trinajstić information content (AvgIpc) is 3.08. The minimum absolute atomic E-state index is 0.376. The quantitative estimate of drug-likeness (QED) is 0.430. The summed E-state index contributed by atoms with van der Waals surface area (Å²) in [5, 5.41) is 21.6. The Kier molecular flexibility index (Phi) is 4.40. The van der Waals surface area contributed by atoms with Gasteiger partial charge >= 0.3 is 7.12 Å². The Bertz CT molecular complexity index is 1290. The standard InChI is InChI=1S/C24H17BClNO2/c26-22-15-17(25(28)29)11-14-19(22)16-9-12-18(13-10-16)27-23-7-3-1-5-20(23)21-6-2-4-8-24(21)27/h1-15,28-29H. The zero-order valence-electron chi connectivity index (χ0n) is 15.5. The molecule has 0 atom stereocenters. The largest absolute Gasteiger partial charge is 0.488 e. The number of nitrogens with zero attached hydrogens (tertiary/aromatic N) is 1. The highest BCUT2D eigenvalue weighted by atomic mass is 35.5. The third kappa shape index (κ3) is 3.02. The molecule has 0 spiro atoms. The summed E-state index contributed by atoms with van der Waals surface area (Å²) in [4.78, 5) is 0. The van der Waals surface area contributed by atoms with Crippen LogP contribution in [0.15, 0.2) is 91.0 Å². The van der Waals surface area contributed by atoms with Gasteiger partial charge in [0.1, 0.15) is 0 Å². The molecular formula is C24H17BClNO2. The third-order valence-corrected chi connectivity index (χ3v) is 5.62. The van der Waals surface area contributed by atoms with Crippen LogP contribution in [0.2, 0.25) is 5.02 Å². The van der Waals surface area contributed by atoms with Crippen LogP contribution in [0.25, 0.3) is 38.6 Å². The Labute approximate surface area is 173 Å². The maximum Gasteiger partial charge on any atom is 0.488 e. The molecule has 0 unspecified atom stereocenters. The van der Waals surface area contributed by atoms with Crippen LogP contribution in [0.1, 0.15) is 0 Å². The van der Waals surface area contributed by atoms with Crippen molar-refractivity contribution in [1.82, 2.24) is 4.57 Å². The Morgan fingerprint density at radius 2 is 1.28 bits per heavy atom. The lowest BCUT2D eigenvalue weighted by Gasteiger charge is -2.11. The van der Waals surface area contributed by atoms with E-state index >= 15 is 0 Å². The van der Waals surface area contributed by atoms with E-state index in [1.165, 1.54) is 21.8 Å². The molecule has 5 heteroatoms. The topological polar surface area (TPSA) is 45.4 Å². The zero-order valence-corrected chi connectivity index (χ0v) is 16.2. The second-order valence-electron chi connectivity index (χ2n) is 7.03. The molecule has 1 heterocycles. The van der Waals surface area contributed by atoms with Crippen LogP contribution in [0.3, 0.4) is 0 Å². The summed E-state index contributed by atoms with van der Waals surface area (Å²) >= 11 is 6.38. The Morgan fingerprint density at radius 3 is 1.83 bits per heavy atom. The number of fused-ring (bicyclic) bond motifs is 3. The van der Waals surface area contributed by atoms with Crippen LogP contribution in [0.5, 0.6) is 0 Å². The van der Waals surface area contributed by atoms with Crippen molar-refractivity contribution in [2.24, 2.45) is 0 Å². The van der Waals surface area contributed by atoms with Gasteiger partial charge in [-0.15, -0.1) is 0 Å². The molecule has 0 amide bonds. The van der Waals surface area contributed by atoms with Gasteiger partial charge in [0, 0.05) is 27.0 Å². The van der Waals surface area contributed by atoms with Crippen molar-refractivity contribution in [2.75, 3.05) is 0 Å². The van der Waals surface area contributed by atoms with Crippen molar-refractivity contribution in [3.8, 4) is 16.8 Å². The minimum Gasteiger partial charge on any atom is -0.423 e. The normalized spacial score (nSPS) is 11.3. The molecular weight excluding hydrogens is 381 g/mol. The molecule has 1 aromatic heterocycles. The molecule has 140 valence electrons. The van der Waals surface area contributed by atoms with Gasteiger partial charge in [-0.1, -0.05) is 72.3 Å². The maximum atomic E-state index is 9.32. The van der Waals surface area contributed by atoms with Crippen molar-refractivity contribution in [3.05, 3.63) is 96.0 Å². The van der Waals surface area contributed by atoms with Crippen molar-refractivity contribution >= 4 is 46.0 Å². The van der Waals surface area contributed by atoms with E-state index in [0.717, 1.165) is 16.8 Å². The molecule has 4 aromatic carbocycles. The molecule has 0 saturated heterocycles. The van der Waals surface area contributed by atoms with Gasteiger partial charge in [0.2, 0.25) is 0 Å². The van der Waals surface area contributed by atoms with Crippen LogP contribution < -0.4 is 5.46 Å². The molecule has 0 saturated carbocycles. The predicted octanol–water partition coefficient (Wildman–Crippen LogP) is 4.78. The van der Waals surface area contributed by atoms with Gasteiger partial charge in [-0.25, -0.2) is 0 Å². The van der Waals surface area contributed by atoms with E-state index in [9.17, 15) is 10.0 Å². The van der Waals surface area contributed by atoms with Crippen LogP contribution >= 0.6 is 11.6 Å². The SMILES string of the molecule is OB(O)c1ccc(-c2ccc(-n3c4ccccc4c4ccccc43)cc2)c(Cl)c1. The number of hydrogen-bond acceptors (Lipinski definition) is 2. The Hall–Kier alpha value is -3.05. The van der Waals surface area contributed by atoms with E-state index < -0.39 is 7.12 Å². The second-order valence-corrected chi connectivity index (χ2v) is 7.44. The fourth-order valence-corrected chi connectivity index (χ4v) is 4.21. The predicted molar refractivity (Wildman–Crippen MR) is 121 cm³/mol. The van der Waals surface area contributed by atoms with E-state index in [4.69, 9.17) is 11.6 Å². The first-order chi connectivity index (χ1) is 14.1. The summed E-state index contributed by atoms with van der Waals surface area (Å²) in [6, 6.07) is 30.1. The van der Waals surface area contributed by atoms with Crippen molar-refractivity contribution in [2.45, 2.75) is 0 Å². The number of rotatable bonds is 3. The van der Waals surface area contributed by atoms with Gasteiger partial charge in [-0.2, -0.15) is 0 Å². The molecule has 3 nitrogen and oxygen atoms in total. The molecule has 0 aliphatic heterocycles. The highest BCUT2D eigenvalue weighted by Gasteiger charge is 2.14. The summed E-state index contributed by atoms with van der Waals surface area (Å²) in [7, 11) is -1.53. The van der Waals surface area contributed by atoms with Crippen molar-refractivity contribution in [1.29, 1.82) is 0 Å². The first-order valence-corrected chi connectivity index (χ1v) is 9.76. The summed E-state index contributed by atoms with van der Waals surface area (Å²) < 4.78 is 2.27. The molecule has 29 heavy (non-hydrogen) atoms. The van der Waals surface area contributed by atoms with E-state index in [-0.39, 0.29) is 0 Å². The lowest BCUT2D eigenvalue weighted by molar-refractivity contribution is 0.426. The molecule has 0 aliphatic carbocycles. The van der Waals surface area contributed by atoms with Gasteiger partial charge in [0.15, 0.2) is 0 Å². The fraction of sp³-hybridized carbons (Fsp3) is 0. The number of benzene rings is 4. The summed E-state index contributed by atoms with van der Waals surface area (Å²) in [6.07, 6.45) is 0. The number of aromatic nitrogens is 1. The van der Waals surface area contributed by atoms with Crippen LogP contribution in [-0.2, 0) is 0 Å². The molecule has 5 rings (SSSR count). The van der Waals surface area contributed by atoms with Gasteiger partial charge < -0.3 is 14.6 Å². The number of hydrogen-bond donors (Lipinski definition) is 2. The fourth-order valence-electron chi connectivity index (χ4n) is 3.92. The van der Waals surface area contributed by atoms with Crippen LogP contribution in [-0.4, -0.2) is 21.7 Å². The van der Waals surface area contributed by atoms with Gasteiger partial charge in [-0.05, 0) is 41.4 Å². The first-order valence-electron chi connectivity index (χ1n) is 9.38. The van der Waals surface area contributed by atoms with Crippen molar-refractivity contribution in [3.63, 3.8) is 0 Å². The zero-order chi connectivity index (χ0) is 20.0. The molecule has 0 bridgehead atoms. The van der Waals surface area contributed by atoms with E-state index in [1.807, 2.05) is 18.2 Å². The van der Waals surface area contributed by atoms with Gasteiger partial charge in [0.25, 0.3) is 0 Å². The highest BCUT2D eigenvalue weighted by molar-refractivity contribution is 6.59. The Morgan fingerprint density at radius 1 is 0.690 bits per heavy atom. The lowest BCUT2D eigenvalue weighted by Crippen LogP contribution is -2.29. The third-order valence-electron chi connectivity index (χ3n) is 5.31. The smallest absolute Gasteiger partial charge is 0.423 e. The first kappa shape index (κ1) is 18.0. The highest BCUT2D eigenvalue weighted by Crippen LogP contribution is 2.33. The van der Waals surface area contributed by atoms with Crippen molar-refractivity contribution < 1.29 is 10.0 Å². The van der Waals surface area contributed by atoms with E-state index in [0.29, 0.717) is 10.5 Å². The summed E-state index contributed by atoms with van der Waals surface area (Å²) in [5.41, 5.74) is 5.61. The molecule has 2 N–H and O–H groups in total. The minimum atomic E-state index is -1.53. The maximum absolute atomic E-state index is 9.32. The van der Waals surface area contributed by atoms with E-state index in [1.54, 1.807) is 12.1 Å². The summed E-state index contributed by atoms with van der Waals surface area (Å²) in [5.74, 6) is 0. The number of para-hydroxylation sites is 2. The average molecular weight is 398 g/mol. The number of halogens is 1. The van der Waals surface area contributed by atoms with Gasteiger partial charge in [-0.3, -0.25) is 0 Å². The Balaban J connectivity index is 1.63. The van der Waals surface area contributed by atoms with E-state index in [2.05, 4.69) is 65.2 Å². The second kappa shape index (κ2) is 7.09.